The van der Waals surface area contributed by atoms with E-state index in [9.17, 15) is 9.59 Å². The standard InChI is InChI=1S/C14H19ClN2O3/c1-3-10(7-8-18)16-13(19)14(20)17-11-6-4-5-9(2)12(11)15/h4-6,10,18H,3,7-8H2,1-2H3,(H,16,19)(H,17,20). The van der Waals surface area contributed by atoms with Crippen molar-refractivity contribution in [2.45, 2.75) is 32.7 Å². The summed E-state index contributed by atoms with van der Waals surface area (Å²) in [6.07, 6.45) is 1.06. The fraction of sp³-hybridized carbons (Fsp3) is 0.429. The number of aryl methyl sites for hydroxylation is 1. The molecule has 20 heavy (non-hydrogen) atoms. The van der Waals surface area contributed by atoms with Gasteiger partial charge in [-0.2, -0.15) is 0 Å². The molecule has 1 rings (SSSR count). The largest absolute Gasteiger partial charge is 0.396 e. The molecule has 0 heterocycles. The third-order valence-electron chi connectivity index (χ3n) is 2.95. The Morgan fingerprint density at radius 3 is 2.65 bits per heavy atom. The lowest BCUT2D eigenvalue weighted by Crippen LogP contribution is -2.42. The van der Waals surface area contributed by atoms with Crippen LogP contribution in [0.4, 0.5) is 5.69 Å². The van der Waals surface area contributed by atoms with E-state index in [-0.39, 0.29) is 12.6 Å². The second kappa shape index (κ2) is 7.87. The first-order valence-corrected chi connectivity index (χ1v) is 6.85. The summed E-state index contributed by atoms with van der Waals surface area (Å²) in [5, 5.41) is 14.3. The fourth-order valence-electron chi connectivity index (χ4n) is 1.71. The molecule has 0 bridgehead atoms. The first-order valence-electron chi connectivity index (χ1n) is 6.47. The number of anilines is 1. The van der Waals surface area contributed by atoms with Gasteiger partial charge in [-0.25, -0.2) is 0 Å². The Morgan fingerprint density at radius 1 is 1.35 bits per heavy atom. The Kier molecular flexibility index (Phi) is 6.48. The van der Waals surface area contributed by atoms with E-state index in [1.165, 1.54) is 0 Å². The minimum absolute atomic E-state index is 0.0376. The summed E-state index contributed by atoms with van der Waals surface area (Å²) in [5.74, 6) is -1.50. The van der Waals surface area contributed by atoms with E-state index in [2.05, 4.69) is 10.6 Å². The molecule has 6 heteroatoms. The zero-order valence-electron chi connectivity index (χ0n) is 11.6. The molecule has 1 unspecified atom stereocenters. The van der Waals surface area contributed by atoms with Crippen molar-refractivity contribution in [1.29, 1.82) is 0 Å². The van der Waals surface area contributed by atoms with E-state index in [1.54, 1.807) is 12.1 Å². The third-order valence-corrected chi connectivity index (χ3v) is 3.45. The molecule has 0 saturated heterocycles. The maximum absolute atomic E-state index is 11.8. The highest BCUT2D eigenvalue weighted by Crippen LogP contribution is 2.24. The van der Waals surface area contributed by atoms with E-state index in [1.807, 2.05) is 19.9 Å². The van der Waals surface area contributed by atoms with Crippen LogP contribution >= 0.6 is 11.6 Å². The predicted octanol–water partition coefficient (Wildman–Crippen LogP) is 1.86. The molecule has 1 aromatic carbocycles. The van der Waals surface area contributed by atoms with E-state index in [0.29, 0.717) is 23.6 Å². The molecule has 2 amide bonds. The summed E-state index contributed by atoms with van der Waals surface area (Å²) in [6.45, 7) is 3.65. The van der Waals surface area contributed by atoms with Gasteiger partial charge in [0.05, 0.1) is 10.7 Å². The first-order chi connectivity index (χ1) is 9.49. The molecule has 0 saturated carbocycles. The monoisotopic (exact) mass is 298 g/mol. The van der Waals surface area contributed by atoms with E-state index >= 15 is 0 Å². The summed E-state index contributed by atoms with van der Waals surface area (Å²) < 4.78 is 0. The molecule has 5 nitrogen and oxygen atoms in total. The number of amides is 2. The fourth-order valence-corrected chi connectivity index (χ4v) is 1.88. The van der Waals surface area contributed by atoms with E-state index in [0.717, 1.165) is 5.56 Å². The number of benzene rings is 1. The molecule has 0 spiro atoms. The highest BCUT2D eigenvalue weighted by molar-refractivity contribution is 6.41. The van der Waals surface area contributed by atoms with Gasteiger partial charge in [0.25, 0.3) is 0 Å². The van der Waals surface area contributed by atoms with Crippen molar-refractivity contribution in [2.75, 3.05) is 11.9 Å². The molecular formula is C14H19ClN2O3. The lowest BCUT2D eigenvalue weighted by molar-refractivity contribution is -0.136. The van der Waals surface area contributed by atoms with Crippen LogP contribution in [0.15, 0.2) is 18.2 Å². The number of hydrogen-bond acceptors (Lipinski definition) is 3. The Morgan fingerprint density at radius 2 is 2.05 bits per heavy atom. The summed E-state index contributed by atoms with van der Waals surface area (Å²) in [5.41, 5.74) is 1.22. The van der Waals surface area contributed by atoms with Crippen molar-refractivity contribution >= 4 is 29.1 Å². The van der Waals surface area contributed by atoms with Crippen molar-refractivity contribution in [3.8, 4) is 0 Å². The molecule has 0 aliphatic heterocycles. The van der Waals surface area contributed by atoms with Gasteiger partial charge in [0.1, 0.15) is 0 Å². The number of hydrogen-bond donors (Lipinski definition) is 3. The maximum atomic E-state index is 11.8. The number of rotatable bonds is 5. The van der Waals surface area contributed by atoms with Crippen molar-refractivity contribution in [1.82, 2.24) is 5.32 Å². The maximum Gasteiger partial charge on any atom is 0.313 e. The van der Waals surface area contributed by atoms with Gasteiger partial charge in [-0.15, -0.1) is 0 Å². The van der Waals surface area contributed by atoms with Crippen LogP contribution in [0.5, 0.6) is 0 Å². The second-order valence-electron chi connectivity index (χ2n) is 4.48. The Balaban J connectivity index is 2.66. The Bertz CT molecular complexity index is 491. The molecule has 1 aromatic rings. The average molecular weight is 299 g/mol. The van der Waals surface area contributed by atoms with Crippen molar-refractivity contribution < 1.29 is 14.7 Å². The zero-order chi connectivity index (χ0) is 15.1. The minimum Gasteiger partial charge on any atom is -0.396 e. The normalized spacial score (nSPS) is 11.8. The van der Waals surface area contributed by atoms with Gasteiger partial charge in [-0.3, -0.25) is 9.59 Å². The van der Waals surface area contributed by atoms with E-state index in [4.69, 9.17) is 16.7 Å². The van der Waals surface area contributed by atoms with Crippen LogP contribution in [0.3, 0.4) is 0 Å². The first kappa shape index (κ1) is 16.5. The van der Waals surface area contributed by atoms with Crippen LogP contribution in [-0.2, 0) is 9.59 Å². The highest BCUT2D eigenvalue weighted by atomic mass is 35.5. The quantitative estimate of drug-likeness (QED) is 0.726. The van der Waals surface area contributed by atoms with Crippen LogP contribution < -0.4 is 10.6 Å². The molecule has 3 N–H and O–H groups in total. The minimum atomic E-state index is -0.770. The third kappa shape index (κ3) is 4.51. The average Bonchev–Trinajstić information content (AvgIpc) is 2.43. The SMILES string of the molecule is CCC(CCO)NC(=O)C(=O)Nc1cccc(C)c1Cl. The number of aliphatic hydroxyl groups excluding tert-OH is 1. The smallest absolute Gasteiger partial charge is 0.313 e. The number of nitrogens with one attached hydrogen (secondary N) is 2. The molecule has 1 atom stereocenters. The van der Waals surface area contributed by atoms with Crippen molar-refractivity contribution in [2.24, 2.45) is 0 Å². The zero-order valence-corrected chi connectivity index (χ0v) is 12.3. The van der Waals surface area contributed by atoms with Gasteiger partial charge in [-0.1, -0.05) is 30.7 Å². The Hall–Kier alpha value is -1.59. The van der Waals surface area contributed by atoms with E-state index < -0.39 is 11.8 Å². The Labute approximate surface area is 123 Å². The van der Waals surface area contributed by atoms with Crippen molar-refractivity contribution in [3.05, 3.63) is 28.8 Å². The van der Waals surface area contributed by atoms with Gasteiger partial charge in [0, 0.05) is 12.6 Å². The molecule has 0 fully saturated rings. The molecule has 0 aromatic heterocycles. The van der Waals surface area contributed by atoms with Gasteiger partial charge in [-0.05, 0) is 31.4 Å². The van der Waals surface area contributed by atoms with Crippen LogP contribution in [0.25, 0.3) is 0 Å². The number of carbonyl (C=O) groups is 2. The highest BCUT2D eigenvalue weighted by Gasteiger charge is 2.18. The molecule has 0 radical (unpaired) electrons. The topological polar surface area (TPSA) is 78.4 Å². The van der Waals surface area contributed by atoms with Crippen LogP contribution in [-0.4, -0.2) is 29.6 Å². The number of aliphatic hydroxyl groups is 1. The van der Waals surface area contributed by atoms with Crippen LogP contribution in [0.2, 0.25) is 5.02 Å². The molecule has 0 aliphatic rings. The van der Waals surface area contributed by atoms with Gasteiger partial charge in [0.15, 0.2) is 0 Å². The predicted molar refractivity (Wildman–Crippen MR) is 78.7 cm³/mol. The second-order valence-corrected chi connectivity index (χ2v) is 4.86. The van der Waals surface area contributed by atoms with Crippen molar-refractivity contribution in [3.63, 3.8) is 0 Å². The summed E-state index contributed by atoms with van der Waals surface area (Å²) in [4.78, 5) is 23.5. The van der Waals surface area contributed by atoms with Crippen LogP contribution in [0, 0.1) is 6.92 Å². The lowest BCUT2D eigenvalue weighted by atomic mass is 10.1. The summed E-state index contributed by atoms with van der Waals surface area (Å²) in [7, 11) is 0. The lowest BCUT2D eigenvalue weighted by Gasteiger charge is -2.15. The summed E-state index contributed by atoms with van der Waals surface area (Å²) in [6, 6.07) is 4.97. The van der Waals surface area contributed by atoms with Gasteiger partial charge < -0.3 is 15.7 Å². The number of carbonyl (C=O) groups excluding carboxylic acids is 2. The molecular weight excluding hydrogens is 280 g/mol. The summed E-state index contributed by atoms with van der Waals surface area (Å²) >= 11 is 6.05. The molecule has 110 valence electrons. The van der Waals surface area contributed by atoms with Gasteiger partial charge in [0.2, 0.25) is 0 Å². The van der Waals surface area contributed by atoms with Crippen LogP contribution in [0.1, 0.15) is 25.3 Å². The number of halogens is 1. The van der Waals surface area contributed by atoms with Gasteiger partial charge >= 0.3 is 11.8 Å². The molecule has 0 aliphatic carbocycles.